The van der Waals surface area contributed by atoms with Crippen LogP contribution in [0.5, 0.6) is 0 Å². The number of halogens is 2. The molecule has 3 rings (SSSR count). The van der Waals surface area contributed by atoms with E-state index in [1.54, 1.807) is 31.2 Å². The number of nitrogens with zero attached hydrogens (tertiary/aromatic N) is 1. The van der Waals surface area contributed by atoms with E-state index in [2.05, 4.69) is 10.3 Å². The van der Waals surface area contributed by atoms with Crippen molar-refractivity contribution in [3.8, 4) is 11.3 Å². The van der Waals surface area contributed by atoms with Gasteiger partial charge in [-0.2, -0.15) is 0 Å². The van der Waals surface area contributed by atoms with Crippen LogP contribution < -0.4 is 5.32 Å². The molecule has 8 heteroatoms. The monoisotopic (exact) mass is 404 g/mol. The molecule has 0 bridgehead atoms. The molecule has 0 aliphatic carbocycles. The smallest absolute Gasteiger partial charge is 0.350 e. The van der Waals surface area contributed by atoms with Gasteiger partial charge in [-0.25, -0.2) is 14.2 Å². The quantitative estimate of drug-likeness (QED) is 0.605. The molecule has 2 aromatic carbocycles. The van der Waals surface area contributed by atoms with Crippen molar-refractivity contribution in [1.29, 1.82) is 0 Å². The molecule has 0 atom stereocenters. The summed E-state index contributed by atoms with van der Waals surface area (Å²) >= 11 is 6.88. The van der Waals surface area contributed by atoms with Crippen molar-refractivity contribution < 1.29 is 18.7 Å². The van der Waals surface area contributed by atoms with Crippen molar-refractivity contribution in [2.24, 2.45) is 0 Å². The first-order valence-corrected chi connectivity index (χ1v) is 9.19. The van der Waals surface area contributed by atoms with Crippen LogP contribution in [0.4, 0.5) is 9.52 Å². The molecule has 5 nitrogen and oxygen atoms in total. The van der Waals surface area contributed by atoms with Gasteiger partial charge in [-0.3, -0.25) is 10.1 Å². The summed E-state index contributed by atoms with van der Waals surface area (Å²) in [6.07, 6.45) is 0. The van der Waals surface area contributed by atoms with Gasteiger partial charge < -0.3 is 4.74 Å². The Hall–Kier alpha value is -2.77. The van der Waals surface area contributed by atoms with E-state index in [0.717, 1.165) is 17.4 Å². The van der Waals surface area contributed by atoms with Crippen molar-refractivity contribution in [2.45, 2.75) is 6.92 Å². The number of hydrogen-bond donors (Lipinski definition) is 1. The number of hydrogen-bond acceptors (Lipinski definition) is 5. The first-order chi connectivity index (χ1) is 13.0. The Labute approximate surface area is 163 Å². The number of rotatable bonds is 5. The van der Waals surface area contributed by atoms with Gasteiger partial charge in [-0.1, -0.05) is 59.3 Å². The molecular weight excluding hydrogens is 391 g/mol. The number of thiazole rings is 1. The molecule has 0 aliphatic rings. The molecule has 0 unspecified atom stereocenters. The summed E-state index contributed by atoms with van der Waals surface area (Å²) in [5, 5.41) is 2.63. The van der Waals surface area contributed by atoms with Crippen molar-refractivity contribution >= 4 is 39.9 Å². The third-order valence-electron chi connectivity index (χ3n) is 3.55. The second-order valence-corrected chi connectivity index (χ2v) is 6.74. The van der Waals surface area contributed by atoms with Crippen LogP contribution in [0.15, 0.2) is 48.5 Å². The number of carbonyl (C=O) groups is 2. The van der Waals surface area contributed by atoms with Gasteiger partial charge in [0, 0.05) is 5.56 Å². The molecule has 1 N–H and O–H groups in total. The van der Waals surface area contributed by atoms with Gasteiger partial charge in [-0.05, 0) is 19.1 Å². The second kappa shape index (κ2) is 8.28. The third-order valence-corrected chi connectivity index (χ3v) is 4.81. The normalized spacial score (nSPS) is 10.5. The average Bonchev–Trinajstić information content (AvgIpc) is 3.06. The number of anilines is 1. The molecule has 3 aromatic rings. The summed E-state index contributed by atoms with van der Waals surface area (Å²) in [7, 11) is 0. The molecule has 0 saturated carbocycles. The summed E-state index contributed by atoms with van der Waals surface area (Å²) in [6, 6.07) is 13.0. The Bertz CT molecular complexity index is 972. The van der Waals surface area contributed by atoms with Gasteiger partial charge in [0.2, 0.25) is 0 Å². The molecule has 1 amide bonds. The van der Waals surface area contributed by atoms with Crippen molar-refractivity contribution in [3.63, 3.8) is 0 Å². The number of benzene rings is 2. The molecule has 0 aliphatic heterocycles. The van der Waals surface area contributed by atoms with E-state index in [4.69, 9.17) is 16.3 Å². The number of esters is 1. The topological polar surface area (TPSA) is 68.3 Å². The average molecular weight is 405 g/mol. The maximum Gasteiger partial charge on any atom is 0.350 e. The molecule has 1 aromatic heterocycles. The highest BCUT2D eigenvalue weighted by Gasteiger charge is 2.23. The van der Waals surface area contributed by atoms with Gasteiger partial charge in [0.05, 0.1) is 22.9 Å². The summed E-state index contributed by atoms with van der Waals surface area (Å²) in [5.41, 5.74) is 0.795. The van der Waals surface area contributed by atoms with Crippen LogP contribution in [-0.2, 0) is 4.74 Å². The summed E-state index contributed by atoms with van der Waals surface area (Å²) < 4.78 is 19.0. The molecule has 0 spiro atoms. The summed E-state index contributed by atoms with van der Waals surface area (Å²) in [5.74, 6) is -2.04. The fourth-order valence-electron chi connectivity index (χ4n) is 2.37. The van der Waals surface area contributed by atoms with Gasteiger partial charge in [0.1, 0.15) is 10.7 Å². The Morgan fingerprint density at radius 3 is 2.59 bits per heavy atom. The van der Waals surface area contributed by atoms with Crippen molar-refractivity contribution in [1.82, 2.24) is 4.98 Å². The lowest BCUT2D eigenvalue weighted by Gasteiger charge is -2.05. The minimum absolute atomic E-state index is 0.0158. The van der Waals surface area contributed by atoms with Crippen LogP contribution in [0.3, 0.4) is 0 Å². The predicted molar refractivity (Wildman–Crippen MR) is 103 cm³/mol. The zero-order valence-electron chi connectivity index (χ0n) is 14.2. The third kappa shape index (κ3) is 4.15. The standard InChI is InChI=1S/C19H14ClFN2O3S/c1-2-26-18(25)16-15(11-7-4-3-5-8-11)22-19(27-16)23-17(24)14-12(20)9-6-10-13(14)21/h3-10H,2H2,1H3,(H,22,23,24). The fourth-order valence-corrected chi connectivity index (χ4v) is 3.50. The summed E-state index contributed by atoms with van der Waals surface area (Å²) in [6.45, 7) is 1.90. The number of amides is 1. The molecule has 1 heterocycles. The highest BCUT2D eigenvalue weighted by molar-refractivity contribution is 7.18. The zero-order valence-corrected chi connectivity index (χ0v) is 15.7. The maximum atomic E-state index is 13.9. The Kier molecular flexibility index (Phi) is 5.83. The largest absolute Gasteiger partial charge is 0.462 e. The molecule has 0 radical (unpaired) electrons. The predicted octanol–water partition coefficient (Wildman–Crippen LogP) is 5.03. The van der Waals surface area contributed by atoms with Crippen LogP contribution >= 0.6 is 22.9 Å². The minimum Gasteiger partial charge on any atom is -0.462 e. The van der Waals surface area contributed by atoms with E-state index in [9.17, 15) is 14.0 Å². The zero-order chi connectivity index (χ0) is 19.4. The van der Waals surface area contributed by atoms with Crippen molar-refractivity contribution in [2.75, 3.05) is 11.9 Å². The van der Waals surface area contributed by atoms with Crippen LogP contribution in [0.2, 0.25) is 5.02 Å². The van der Waals surface area contributed by atoms with E-state index in [1.807, 2.05) is 6.07 Å². The molecule has 0 fully saturated rings. The van der Waals surface area contributed by atoms with Crippen LogP contribution in [-0.4, -0.2) is 23.5 Å². The lowest BCUT2D eigenvalue weighted by Crippen LogP contribution is -2.14. The molecular formula is C19H14ClFN2O3S. The van der Waals surface area contributed by atoms with E-state index in [-0.39, 0.29) is 27.2 Å². The molecule has 27 heavy (non-hydrogen) atoms. The first-order valence-electron chi connectivity index (χ1n) is 8.00. The maximum absolute atomic E-state index is 13.9. The van der Waals surface area contributed by atoms with Gasteiger partial charge in [-0.15, -0.1) is 0 Å². The lowest BCUT2D eigenvalue weighted by molar-refractivity contribution is 0.0532. The fraction of sp³-hybridized carbons (Fsp3) is 0.105. The van der Waals surface area contributed by atoms with Crippen LogP contribution in [0.25, 0.3) is 11.3 Å². The first kappa shape index (κ1) is 19.0. The van der Waals surface area contributed by atoms with E-state index in [1.165, 1.54) is 12.1 Å². The van der Waals surface area contributed by atoms with Gasteiger partial charge in [0.15, 0.2) is 5.13 Å². The minimum atomic E-state index is -0.748. The Balaban J connectivity index is 1.97. The second-order valence-electron chi connectivity index (χ2n) is 5.33. The number of carbonyl (C=O) groups excluding carboxylic acids is 2. The SMILES string of the molecule is CCOC(=O)c1sc(NC(=O)c2c(F)cccc2Cl)nc1-c1ccccc1. The van der Waals surface area contributed by atoms with E-state index >= 15 is 0 Å². The van der Waals surface area contributed by atoms with Gasteiger partial charge >= 0.3 is 5.97 Å². The van der Waals surface area contributed by atoms with Crippen LogP contribution in [0.1, 0.15) is 27.0 Å². The van der Waals surface area contributed by atoms with Crippen LogP contribution in [0, 0.1) is 5.82 Å². The number of aromatic nitrogens is 1. The highest BCUT2D eigenvalue weighted by Crippen LogP contribution is 2.32. The molecule has 0 saturated heterocycles. The number of ether oxygens (including phenoxy) is 1. The van der Waals surface area contributed by atoms with E-state index in [0.29, 0.717) is 11.3 Å². The van der Waals surface area contributed by atoms with Gasteiger partial charge in [0.25, 0.3) is 5.91 Å². The lowest BCUT2D eigenvalue weighted by atomic mass is 10.1. The number of nitrogens with one attached hydrogen (secondary N) is 1. The molecule has 138 valence electrons. The van der Waals surface area contributed by atoms with Crippen molar-refractivity contribution in [3.05, 3.63) is 69.8 Å². The highest BCUT2D eigenvalue weighted by atomic mass is 35.5. The summed E-state index contributed by atoms with van der Waals surface area (Å²) in [4.78, 5) is 29.3. The Morgan fingerprint density at radius 2 is 1.93 bits per heavy atom. The Morgan fingerprint density at radius 1 is 1.19 bits per heavy atom. The van der Waals surface area contributed by atoms with E-state index < -0.39 is 17.7 Å².